The summed E-state index contributed by atoms with van der Waals surface area (Å²) >= 11 is 2.85. The molecule has 0 atom stereocenters. The molecule has 4 heterocycles. The fourth-order valence-corrected chi connectivity index (χ4v) is 4.41. The molecule has 0 aliphatic heterocycles. The number of nitrogens with two attached hydrogens (primary N) is 1. The Hall–Kier alpha value is -3.24. The van der Waals surface area contributed by atoms with Crippen molar-refractivity contribution in [1.29, 1.82) is 0 Å². The maximum Gasteiger partial charge on any atom is 0.235 e. The first kappa shape index (κ1) is 16.9. The van der Waals surface area contributed by atoms with Crippen molar-refractivity contribution in [3.63, 3.8) is 0 Å². The summed E-state index contributed by atoms with van der Waals surface area (Å²) in [4.78, 5) is 6.27. The number of rotatable bonds is 4. The number of aromatic nitrogens is 7. The highest BCUT2D eigenvalue weighted by atomic mass is 32.2. The third-order valence-electron chi connectivity index (χ3n) is 4.14. The van der Waals surface area contributed by atoms with E-state index in [1.165, 1.54) is 23.1 Å². The van der Waals surface area contributed by atoms with Crippen molar-refractivity contribution in [3.05, 3.63) is 54.4 Å². The zero-order valence-electron chi connectivity index (χ0n) is 14.8. The Balaban J connectivity index is 1.51. The molecule has 0 aliphatic carbocycles. The summed E-state index contributed by atoms with van der Waals surface area (Å²) in [6, 6.07) is 8.21. The third-order valence-corrected chi connectivity index (χ3v) is 6.04. The largest absolute Gasteiger partial charge is 0.397 e. The van der Waals surface area contributed by atoms with Crippen LogP contribution in [0.25, 0.3) is 32.7 Å². The van der Waals surface area contributed by atoms with Gasteiger partial charge in [-0.25, -0.2) is 0 Å². The van der Waals surface area contributed by atoms with Crippen molar-refractivity contribution in [2.24, 2.45) is 12.8 Å². The normalized spacial score (nSPS) is 11.5. The molecular formula is C18H14N8S2. The van der Waals surface area contributed by atoms with E-state index in [0.717, 1.165) is 26.9 Å². The Morgan fingerprint density at radius 3 is 2.86 bits per heavy atom. The molecule has 1 aromatic carbocycles. The van der Waals surface area contributed by atoms with Crippen molar-refractivity contribution < 1.29 is 0 Å². The van der Waals surface area contributed by atoms with Crippen LogP contribution in [-0.4, -0.2) is 34.6 Å². The summed E-state index contributed by atoms with van der Waals surface area (Å²) in [5, 5.41) is 19.4. The molecule has 0 unspecified atom stereocenters. The monoisotopic (exact) mass is 406 g/mol. The van der Waals surface area contributed by atoms with Gasteiger partial charge in [-0.15, -0.1) is 10.2 Å². The number of fused-ring (bicyclic) bond motifs is 2. The van der Waals surface area contributed by atoms with Crippen LogP contribution >= 0.6 is 23.1 Å². The molecule has 4 aromatic heterocycles. The van der Waals surface area contributed by atoms with Crippen LogP contribution in [0.5, 0.6) is 0 Å². The van der Waals surface area contributed by atoms with Gasteiger partial charge < -0.3 is 5.73 Å². The molecule has 10 heteroatoms. The van der Waals surface area contributed by atoms with E-state index in [1.54, 1.807) is 9.20 Å². The van der Waals surface area contributed by atoms with Crippen LogP contribution < -0.4 is 5.73 Å². The SMILES string of the molecule is C=C(N)c1nn2c(Sc3ccc4ncc(-c5cnn(C)c5)cc4c3)nnc2s1. The van der Waals surface area contributed by atoms with E-state index in [9.17, 15) is 0 Å². The van der Waals surface area contributed by atoms with Crippen LogP contribution in [0.4, 0.5) is 0 Å². The molecule has 5 aromatic rings. The number of benzene rings is 1. The Morgan fingerprint density at radius 1 is 1.18 bits per heavy atom. The van der Waals surface area contributed by atoms with Gasteiger partial charge in [0.15, 0.2) is 5.01 Å². The average Bonchev–Trinajstić information content (AvgIpc) is 3.38. The first-order chi connectivity index (χ1) is 13.6. The van der Waals surface area contributed by atoms with E-state index in [4.69, 9.17) is 5.73 Å². The lowest BCUT2D eigenvalue weighted by Gasteiger charge is -2.04. The number of hydrogen-bond acceptors (Lipinski definition) is 8. The van der Waals surface area contributed by atoms with Crippen LogP contribution in [0.1, 0.15) is 5.01 Å². The van der Waals surface area contributed by atoms with Crippen LogP contribution in [0, 0.1) is 0 Å². The van der Waals surface area contributed by atoms with Crippen molar-refractivity contribution in [2.45, 2.75) is 10.1 Å². The second-order valence-corrected chi connectivity index (χ2v) is 8.19. The fourth-order valence-electron chi connectivity index (χ4n) is 2.80. The molecule has 0 bridgehead atoms. The summed E-state index contributed by atoms with van der Waals surface area (Å²) < 4.78 is 3.47. The number of hydrogen-bond donors (Lipinski definition) is 1. The maximum atomic E-state index is 5.74. The van der Waals surface area contributed by atoms with Crippen molar-refractivity contribution >= 4 is 44.7 Å². The molecular weight excluding hydrogens is 392 g/mol. The Bertz CT molecular complexity index is 1350. The van der Waals surface area contributed by atoms with Gasteiger partial charge in [0.05, 0.1) is 17.4 Å². The van der Waals surface area contributed by atoms with Crippen molar-refractivity contribution in [1.82, 2.24) is 34.6 Å². The highest BCUT2D eigenvalue weighted by Gasteiger charge is 2.14. The standard InChI is InChI=1S/C18H14N8S2/c1-10(19)16-24-26-17(22-23-18(26)28-16)27-14-3-4-15-11(6-14)5-12(7-20-15)13-8-21-25(2)9-13/h3-9H,1,19H2,2H3. The van der Waals surface area contributed by atoms with Crippen LogP contribution in [0.3, 0.4) is 0 Å². The maximum absolute atomic E-state index is 5.74. The van der Waals surface area contributed by atoms with E-state index in [1.807, 2.05) is 37.8 Å². The Morgan fingerprint density at radius 2 is 2.07 bits per heavy atom. The predicted molar refractivity (Wildman–Crippen MR) is 110 cm³/mol. The van der Waals surface area contributed by atoms with E-state index in [2.05, 4.69) is 44.1 Å². The zero-order valence-corrected chi connectivity index (χ0v) is 16.4. The van der Waals surface area contributed by atoms with Gasteiger partial charge in [-0.05, 0) is 36.0 Å². The summed E-state index contributed by atoms with van der Waals surface area (Å²) in [7, 11) is 1.90. The minimum atomic E-state index is 0.422. The van der Waals surface area contributed by atoms with Gasteiger partial charge in [0.2, 0.25) is 10.1 Å². The lowest BCUT2D eigenvalue weighted by atomic mass is 10.1. The third kappa shape index (κ3) is 2.92. The molecule has 0 spiro atoms. The van der Waals surface area contributed by atoms with Crippen LogP contribution in [0.15, 0.2) is 59.5 Å². The van der Waals surface area contributed by atoms with Gasteiger partial charge in [-0.1, -0.05) is 17.9 Å². The van der Waals surface area contributed by atoms with Crippen molar-refractivity contribution in [2.75, 3.05) is 0 Å². The minimum absolute atomic E-state index is 0.422. The van der Waals surface area contributed by atoms with Gasteiger partial charge in [0, 0.05) is 40.8 Å². The first-order valence-corrected chi connectivity index (χ1v) is 9.94. The molecule has 28 heavy (non-hydrogen) atoms. The van der Waals surface area contributed by atoms with Gasteiger partial charge in [0.1, 0.15) is 0 Å². The number of nitrogens with zero attached hydrogens (tertiary/aromatic N) is 7. The summed E-state index contributed by atoms with van der Waals surface area (Å²) in [5.74, 6) is 0. The van der Waals surface area contributed by atoms with Gasteiger partial charge in [0.25, 0.3) is 0 Å². The number of pyridine rings is 1. The summed E-state index contributed by atoms with van der Waals surface area (Å²) in [6.45, 7) is 3.73. The van der Waals surface area contributed by atoms with Gasteiger partial charge in [-0.2, -0.15) is 14.7 Å². The van der Waals surface area contributed by atoms with Gasteiger partial charge in [-0.3, -0.25) is 9.67 Å². The molecule has 0 amide bonds. The molecule has 0 saturated heterocycles. The van der Waals surface area contributed by atoms with Gasteiger partial charge >= 0.3 is 0 Å². The molecule has 5 rings (SSSR count). The second-order valence-electron chi connectivity index (χ2n) is 6.19. The second kappa shape index (κ2) is 6.43. The first-order valence-electron chi connectivity index (χ1n) is 8.30. The highest BCUT2D eigenvalue weighted by Crippen LogP contribution is 2.31. The van der Waals surface area contributed by atoms with Crippen molar-refractivity contribution in [3.8, 4) is 11.1 Å². The average molecular weight is 407 g/mol. The van der Waals surface area contributed by atoms with E-state index < -0.39 is 0 Å². The van der Waals surface area contributed by atoms with E-state index in [0.29, 0.717) is 20.8 Å². The number of aryl methyl sites for hydroxylation is 1. The molecule has 0 radical (unpaired) electrons. The zero-order chi connectivity index (χ0) is 19.3. The topological polar surface area (TPSA) is 99.8 Å². The lowest BCUT2D eigenvalue weighted by molar-refractivity contribution is 0.768. The predicted octanol–water partition coefficient (Wildman–Crippen LogP) is 3.22. The van der Waals surface area contributed by atoms with Crippen LogP contribution in [0.2, 0.25) is 0 Å². The smallest absolute Gasteiger partial charge is 0.235 e. The molecule has 0 saturated carbocycles. The van der Waals surface area contributed by atoms with E-state index in [-0.39, 0.29) is 0 Å². The quantitative estimate of drug-likeness (QED) is 0.489. The highest BCUT2D eigenvalue weighted by molar-refractivity contribution is 7.99. The summed E-state index contributed by atoms with van der Waals surface area (Å²) in [6.07, 6.45) is 5.67. The molecule has 138 valence electrons. The molecule has 0 aliphatic rings. The minimum Gasteiger partial charge on any atom is -0.397 e. The Kier molecular flexibility index (Phi) is 3.88. The molecule has 8 nitrogen and oxygen atoms in total. The lowest BCUT2D eigenvalue weighted by Crippen LogP contribution is -1.95. The van der Waals surface area contributed by atoms with E-state index >= 15 is 0 Å². The molecule has 2 N–H and O–H groups in total. The van der Waals surface area contributed by atoms with Crippen LogP contribution in [-0.2, 0) is 7.05 Å². The summed E-state index contributed by atoms with van der Waals surface area (Å²) in [5.41, 5.74) is 9.15. The Labute approximate surface area is 167 Å². The molecule has 0 fully saturated rings. The fraction of sp³-hybridized carbons (Fsp3) is 0.0556.